The number of carbonyl (C=O) groups is 1. The van der Waals surface area contributed by atoms with Gasteiger partial charge in [0, 0.05) is 35.2 Å². The van der Waals surface area contributed by atoms with Crippen molar-refractivity contribution < 1.29 is 26.7 Å². The maximum Gasteiger partial charge on any atom is 0.339 e. The van der Waals surface area contributed by atoms with Crippen molar-refractivity contribution in [1.82, 2.24) is 14.8 Å². The molecule has 28 heavy (non-hydrogen) atoms. The largest absolute Gasteiger partial charge is 0.339 e. The molecule has 0 bridgehead atoms. The number of halogens is 6. The molecule has 0 unspecified atom stereocenters. The molecular weight excluding hydrogens is 498 g/mol. The van der Waals surface area contributed by atoms with E-state index in [-0.39, 0.29) is 16.9 Å². The summed E-state index contributed by atoms with van der Waals surface area (Å²) in [6, 6.07) is 4.60. The number of aromatic nitrogens is 3. The van der Waals surface area contributed by atoms with Gasteiger partial charge in [-0.3, -0.25) is 14.5 Å². The van der Waals surface area contributed by atoms with Gasteiger partial charge in [0.25, 0.3) is 5.91 Å². The van der Waals surface area contributed by atoms with Crippen LogP contribution in [-0.4, -0.2) is 20.7 Å². The molecule has 3 rings (SSSR count). The molecular formula is C17H10F5IN4O. The predicted octanol–water partition coefficient (Wildman–Crippen LogP) is 4.64. The molecule has 0 aliphatic carbocycles. The van der Waals surface area contributed by atoms with Crippen LogP contribution in [0.3, 0.4) is 0 Å². The number of carbonyl (C=O) groups excluding carboxylic acids is 1. The van der Waals surface area contributed by atoms with Gasteiger partial charge in [0.15, 0.2) is 11.6 Å². The normalized spacial score (nSPS) is 11.5. The highest BCUT2D eigenvalue weighted by Crippen LogP contribution is 2.36. The van der Waals surface area contributed by atoms with Crippen molar-refractivity contribution in [2.24, 2.45) is 7.05 Å². The minimum Gasteiger partial charge on any atom is -0.319 e. The van der Waals surface area contributed by atoms with Crippen molar-refractivity contribution >= 4 is 34.2 Å². The van der Waals surface area contributed by atoms with E-state index in [0.717, 1.165) is 45.5 Å². The fourth-order valence-corrected chi connectivity index (χ4v) is 2.73. The molecule has 0 saturated carbocycles. The van der Waals surface area contributed by atoms with Crippen LogP contribution in [-0.2, 0) is 11.0 Å². The van der Waals surface area contributed by atoms with Crippen molar-refractivity contribution in [3.63, 3.8) is 0 Å². The van der Waals surface area contributed by atoms with E-state index in [1.165, 1.54) is 13.1 Å². The summed E-state index contributed by atoms with van der Waals surface area (Å²) in [7, 11) is 1.42. The van der Waals surface area contributed by atoms with E-state index in [2.05, 4.69) is 15.4 Å². The average molecular weight is 508 g/mol. The highest BCUT2D eigenvalue weighted by molar-refractivity contribution is 14.1. The van der Waals surface area contributed by atoms with Crippen molar-refractivity contribution in [2.45, 2.75) is 3.93 Å². The van der Waals surface area contributed by atoms with Crippen LogP contribution in [0.4, 0.5) is 27.6 Å². The molecule has 2 heterocycles. The van der Waals surface area contributed by atoms with Crippen LogP contribution in [0.15, 0.2) is 36.7 Å². The summed E-state index contributed by atoms with van der Waals surface area (Å²) in [6.07, 6.45) is 1.31. The SMILES string of the molecule is Cn1nc(C(F)(F)I)cc1-c1ccc(NC(=O)c2c(F)cncc2F)c(F)c1. The molecule has 1 aromatic carbocycles. The van der Waals surface area contributed by atoms with Gasteiger partial charge < -0.3 is 5.32 Å². The third kappa shape index (κ3) is 3.98. The fraction of sp³-hybridized carbons (Fsp3) is 0.118. The Balaban J connectivity index is 1.90. The third-order valence-electron chi connectivity index (χ3n) is 3.76. The van der Waals surface area contributed by atoms with Gasteiger partial charge in [-0.25, -0.2) is 13.2 Å². The van der Waals surface area contributed by atoms with Crippen LogP contribution in [0.25, 0.3) is 11.3 Å². The summed E-state index contributed by atoms with van der Waals surface area (Å²) in [4.78, 5) is 15.3. The second-order valence-electron chi connectivity index (χ2n) is 5.66. The Morgan fingerprint density at radius 2 is 1.75 bits per heavy atom. The van der Waals surface area contributed by atoms with E-state index in [1.807, 2.05) is 0 Å². The summed E-state index contributed by atoms with van der Waals surface area (Å²) in [5.41, 5.74) is -1.30. The maximum absolute atomic E-state index is 14.4. The Morgan fingerprint density at radius 1 is 1.11 bits per heavy atom. The molecule has 2 aromatic heterocycles. The fourth-order valence-electron chi connectivity index (χ4n) is 2.46. The first-order valence-electron chi connectivity index (χ1n) is 7.59. The van der Waals surface area contributed by atoms with Crippen LogP contribution in [0.1, 0.15) is 16.1 Å². The van der Waals surface area contributed by atoms with Crippen molar-refractivity contribution in [3.05, 3.63) is 65.4 Å². The molecule has 3 aromatic rings. The lowest BCUT2D eigenvalue weighted by molar-refractivity contribution is 0.101. The minimum absolute atomic E-state index is 0.217. The molecule has 0 saturated heterocycles. The zero-order chi connectivity index (χ0) is 20.6. The Hall–Kier alpha value is -2.57. The minimum atomic E-state index is -3.20. The first-order valence-corrected chi connectivity index (χ1v) is 8.67. The lowest BCUT2D eigenvalue weighted by atomic mass is 10.1. The molecule has 1 N–H and O–H groups in total. The van der Waals surface area contributed by atoms with E-state index in [9.17, 15) is 26.7 Å². The first-order chi connectivity index (χ1) is 13.1. The number of nitrogens with one attached hydrogen (secondary N) is 1. The lowest BCUT2D eigenvalue weighted by Crippen LogP contribution is -2.17. The molecule has 146 valence electrons. The van der Waals surface area contributed by atoms with Crippen LogP contribution < -0.4 is 5.32 Å². The van der Waals surface area contributed by atoms with Gasteiger partial charge in [0.1, 0.15) is 17.1 Å². The van der Waals surface area contributed by atoms with E-state index in [4.69, 9.17) is 0 Å². The van der Waals surface area contributed by atoms with Gasteiger partial charge in [0.2, 0.25) is 0 Å². The van der Waals surface area contributed by atoms with E-state index in [0.29, 0.717) is 12.4 Å². The first kappa shape index (κ1) is 20.2. The number of nitrogens with zero attached hydrogens (tertiary/aromatic N) is 3. The molecule has 0 aliphatic rings. The molecule has 1 amide bonds. The number of benzene rings is 1. The number of anilines is 1. The predicted molar refractivity (Wildman–Crippen MR) is 98.6 cm³/mol. The highest BCUT2D eigenvalue weighted by Gasteiger charge is 2.31. The zero-order valence-electron chi connectivity index (χ0n) is 14.0. The quantitative estimate of drug-likeness (QED) is 0.318. The smallest absolute Gasteiger partial charge is 0.319 e. The monoisotopic (exact) mass is 508 g/mol. The van der Waals surface area contributed by atoms with Crippen LogP contribution in [0.2, 0.25) is 0 Å². The highest BCUT2D eigenvalue weighted by atomic mass is 127. The van der Waals surface area contributed by atoms with Gasteiger partial charge in [-0.1, -0.05) is 6.07 Å². The Morgan fingerprint density at radius 3 is 2.29 bits per heavy atom. The topological polar surface area (TPSA) is 59.8 Å². The Labute approximate surface area is 168 Å². The second kappa shape index (κ2) is 7.45. The molecule has 0 fully saturated rings. The van der Waals surface area contributed by atoms with E-state index >= 15 is 0 Å². The Kier molecular flexibility index (Phi) is 5.37. The van der Waals surface area contributed by atoms with Crippen molar-refractivity contribution in [2.75, 3.05) is 5.32 Å². The van der Waals surface area contributed by atoms with Crippen LogP contribution >= 0.6 is 22.6 Å². The molecule has 5 nitrogen and oxygen atoms in total. The number of amides is 1. The number of hydrogen-bond acceptors (Lipinski definition) is 3. The maximum atomic E-state index is 14.4. The summed E-state index contributed by atoms with van der Waals surface area (Å²) in [6.45, 7) is 0. The molecule has 11 heteroatoms. The van der Waals surface area contributed by atoms with E-state index in [1.54, 1.807) is 0 Å². The molecule has 0 atom stereocenters. The average Bonchev–Trinajstić information content (AvgIpc) is 2.99. The molecule has 0 aliphatic heterocycles. The van der Waals surface area contributed by atoms with Crippen LogP contribution in [0.5, 0.6) is 0 Å². The summed E-state index contributed by atoms with van der Waals surface area (Å²) in [5.74, 6) is -4.52. The van der Waals surface area contributed by atoms with Crippen molar-refractivity contribution in [3.8, 4) is 11.3 Å². The number of aryl methyl sites for hydroxylation is 1. The van der Waals surface area contributed by atoms with Crippen LogP contribution in [0, 0.1) is 17.5 Å². The van der Waals surface area contributed by atoms with Gasteiger partial charge in [-0.05, 0) is 18.2 Å². The number of alkyl halides is 3. The number of hydrogen-bond donors (Lipinski definition) is 1. The molecule has 0 spiro atoms. The zero-order valence-corrected chi connectivity index (χ0v) is 16.1. The van der Waals surface area contributed by atoms with Gasteiger partial charge in [0.05, 0.1) is 23.8 Å². The summed E-state index contributed by atoms with van der Waals surface area (Å²) < 4.78 is 66.4. The van der Waals surface area contributed by atoms with Gasteiger partial charge >= 0.3 is 3.93 Å². The van der Waals surface area contributed by atoms with Crippen molar-refractivity contribution in [1.29, 1.82) is 0 Å². The van der Waals surface area contributed by atoms with Gasteiger partial charge in [-0.15, -0.1) is 0 Å². The van der Waals surface area contributed by atoms with Gasteiger partial charge in [-0.2, -0.15) is 13.9 Å². The lowest BCUT2D eigenvalue weighted by Gasteiger charge is -2.09. The number of rotatable bonds is 4. The third-order valence-corrected chi connectivity index (χ3v) is 4.32. The summed E-state index contributed by atoms with van der Waals surface area (Å²) in [5, 5.41) is 5.76. The number of pyridine rings is 1. The van der Waals surface area contributed by atoms with E-state index < -0.39 is 38.5 Å². The Bertz CT molecular complexity index is 1040. The second-order valence-corrected chi connectivity index (χ2v) is 7.02. The summed E-state index contributed by atoms with van der Waals surface area (Å²) >= 11 is 0.931. The standard InChI is InChI=1S/C17H10F5IN4O/c1-27-13(5-14(26-27)17(21,22)23)8-2-3-12(9(18)4-8)25-16(28)15-10(19)6-24-7-11(15)20/h2-7H,1H3,(H,25,28). The molecule has 0 radical (unpaired) electrons.